The summed E-state index contributed by atoms with van der Waals surface area (Å²) in [5.74, 6) is 0. The fourth-order valence-corrected chi connectivity index (χ4v) is 1.44. The van der Waals surface area contributed by atoms with Crippen LogP contribution in [0.4, 0.5) is 0 Å². The summed E-state index contributed by atoms with van der Waals surface area (Å²) in [7, 11) is 0. The highest BCUT2D eigenvalue weighted by atomic mass is 14.0. The highest BCUT2D eigenvalue weighted by Crippen LogP contribution is 2.02. The third-order valence-corrected chi connectivity index (χ3v) is 2.48. The summed E-state index contributed by atoms with van der Waals surface area (Å²) in [6.45, 7) is 15.8. The van der Waals surface area contributed by atoms with Crippen LogP contribution >= 0.6 is 0 Å². The normalized spacial score (nSPS) is 12.7. The third kappa shape index (κ3) is 29.1. The minimum absolute atomic E-state index is 0. The lowest BCUT2D eigenvalue weighted by atomic mass is 10.2. The van der Waals surface area contributed by atoms with Gasteiger partial charge in [-0.2, -0.15) is 0 Å². The molecule has 0 aromatic rings. The Bertz CT molecular complexity index is 329. The molecule has 0 aromatic heterocycles. The van der Waals surface area contributed by atoms with Crippen molar-refractivity contribution in [3.8, 4) is 0 Å². The minimum atomic E-state index is 0. The van der Waals surface area contributed by atoms with Crippen LogP contribution in [0.15, 0.2) is 72.9 Å². The van der Waals surface area contributed by atoms with Crippen molar-refractivity contribution in [2.45, 2.75) is 67.2 Å². The van der Waals surface area contributed by atoms with Crippen molar-refractivity contribution >= 4 is 0 Å². The van der Waals surface area contributed by atoms with Gasteiger partial charge >= 0.3 is 0 Å². The molecule has 1 nitrogen and oxygen atoms in total. The third-order valence-electron chi connectivity index (χ3n) is 2.48. The summed E-state index contributed by atoms with van der Waals surface area (Å²) < 4.78 is 0. The molecule has 0 spiro atoms. The van der Waals surface area contributed by atoms with E-state index in [-0.39, 0.29) is 6.15 Å². The van der Waals surface area contributed by atoms with E-state index in [0.29, 0.717) is 0 Å². The number of hydrogen-bond acceptors (Lipinski definition) is 1. The van der Waals surface area contributed by atoms with E-state index in [0.717, 1.165) is 6.42 Å². The molecule has 0 heterocycles. The summed E-state index contributed by atoms with van der Waals surface area (Å²) >= 11 is 0. The van der Waals surface area contributed by atoms with Crippen molar-refractivity contribution in [3.63, 3.8) is 0 Å². The van der Waals surface area contributed by atoms with E-state index in [4.69, 9.17) is 0 Å². The van der Waals surface area contributed by atoms with Crippen molar-refractivity contribution in [2.24, 2.45) is 0 Å². The molecular formula is C22H41N. The summed E-state index contributed by atoms with van der Waals surface area (Å²) in [6, 6.07) is 0. The summed E-state index contributed by atoms with van der Waals surface area (Å²) in [6.07, 6.45) is 25.6. The smallest absolute Gasteiger partial charge is 0.0307 e. The van der Waals surface area contributed by atoms with Crippen LogP contribution in [0.2, 0.25) is 0 Å². The van der Waals surface area contributed by atoms with Crippen molar-refractivity contribution in [3.05, 3.63) is 72.9 Å². The minimum Gasteiger partial charge on any atom is -0.344 e. The molecule has 1 aliphatic rings. The first-order valence-electron chi connectivity index (χ1n) is 8.77. The molecule has 1 heteroatoms. The van der Waals surface area contributed by atoms with Crippen LogP contribution in [0.1, 0.15) is 67.2 Å². The molecule has 0 saturated heterocycles. The van der Waals surface area contributed by atoms with Crippen LogP contribution in [-0.2, 0) is 0 Å². The molecule has 0 aliphatic heterocycles. The van der Waals surface area contributed by atoms with Crippen molar-refractivity contribution in [1.29, 1.82) is 0 Å². The lowest BCUT2D eigenvalue weighted by Gasteiger charge is -1.91. The second kappa shape index (κ2) is 32.4. The molecule has 1 aliphatic carbocycles. The van der Waals surface area contributed by atoms with Crippen molar-refractivity contribution in [2.75, 3.05) is 0 Å². The van der Waals surface area contributed by atoms with E-state index in [9.17, 15) is 0 Å². The Hall–Kier alpha value is -1.60. The highest BCUT2D eigenvalue weighted by molar-refractivity contribution is 5.24. The summed E-state index contributed by atoms with van der Waals surface area (Å²) in [4.78, 5) is 0. The van der Waals surface area contributed by atoms with Gasteiger partial charge in [0.2, 0.25) is 0 Å². The van der Waals surface area contributed by atoms with Gasteiger partial charge in [-0.3, -0.25) is 0 Å². The molecule has 0 bridgehead atoms. The van der Waals surface area contributed by atoms with Crippen molar-refractivity contribution in [1.82, 2.24) is 6.15 Å². The molecule has 0 amide bonds. The Kier molecular flexibility index (Phi) is 41.4. The Morgan fingerprint density at radius 3 is 1.91 bits per heavy atom. The average molecular weight is 320 g/mol. The van der Waals surface area contributed by atoms with Gasteiger partial charge in [-0.1, -0.05) is 102 Å². The first-order chi connectivity index (χ1) is 10.8. The van der Waals surface area contributed by atoms with Gasteiger partial charge < -0.3 is 6.15 Å². The van der Waals surface area contributed by atoms with E-state index in [1.54, 1.807) is 0 Å². The first kappa shape index (κ1) is 29.4. The predicted molar refractivity (Wildman–Crippen MR) is 112 cm³/mol. The molecule has 0 aromatic carbocycles. The van der Waals surface area contributed by atoms with Crippen LogP contribution < -0.4 is 6.15 Å². The lowest BCUT2D eigenvalue weighted by Crippen LogP contribution is -1.71. The van der Waals surface area contributed by atoms with E-state index >= 15 is 0 Å². The maximum Gasteiger partial charge on any atom is -0.0307 e. The second-order valence-corrected chi connectivity index (χ2v) is 4.00. The number of allylic oxidation sites excluding steroid dienone is 11. The SMILES string of the molecule is C1=CCCCC=C1.C=C/C=C(/C=C/C=C/C)CC.CC.CC.N. The molecule has 1 rings (SSSR count). The molecule has 0 saturated carbocycles. The maximum atomic E-state index is 3.65. The topological polar surface area (TPSA) is 35.0 Å². The quantitative estimate of drug-likeness (QED) is 0.521. The first-order valence-corrected chi connectivity index (χ1v) is 8.77. The van der Waals surface area contributed by atoms with E-state index < -0.39 is 0 Å². The highest BCUT2D eigenvalue weighted by Gasteiger charge is 1.82. The monoisotopic (exact) mass is 319 g/mol. The Balaban J connectivity index is -0.000000130. The van der Waals surface area contributed by atoms with Gasteiger partial charge in [-0.25, -0.2) is 0 Å². The molecular weight excluding hydrogens is 278 g/mol. The maximum absolute atomic E-state index is 3.65. The van der Waals surface area contributed by atoms with Crippen molar-refractivity contribution < 1.29 is 0 Å². The Labute approximate surface area is 146 Å². The van der Waals surface area contributed by atoms with Gasteiger partial charge in [0.15, 0.2) is 0 Å². The molecule has 0 radical (unpaired) electrons. The van der Waals surface area contributed by atoms with Gasteiger partial charge in [-0.05, 0) is 38.2 Å². The summed E-state index contributed by atoms with van der Waals surface area (Å²) in [5, 5.41) is 0. The van der Waals surface area contributed by atoms with Gasteiger partial charge in [0.05, 0.1) is 0 Å². The van der Waals surface area contributed by atoms with Gasteiger partial charge in [0.1, 0.15) is 0 Å². The number of hydrogen-bond donors (Lipinski definition) is 1. The average Bonchev–Trinajstić information content (AvgIpc) is 2.91. The predicted octanol–water partition coefficient (Wildman–Crippen LogP) is 8.14. The second-order valence-electron chi connectivity index (χ2n) is 4.00. The van der Waals surface area contributed by atoms with Crippen LogP contribution in [-0.4, -0.2) is 0 Å². The summed E-state index contributed by atoms with van der Waals surface area (Å²) in [5.41, 5.74) is 1.30. The van der Waals surface area contributed by atoms with Gasteiger partial charge in [0.25, 0.3) is 0 Å². The standard InChI is InChI=1S/C11H16.C7H10.2C2H6.H3N/c1-4-7-8-10-11(6-3)9-5-2;1-2-4-6-7-5-3-1;2*1-2;/h4-5,7-10H,2,6H2,1,3H3;1-4H,5-7H2;2*1-2H3;1H3/b7-4+,10-8+,11-9+;;;;. The van der Waals surface area contributed by atoms with Crippen LogP contribution in [0.5, 0.6) is 0 Å². The molecule has 0 unspecified atom stereocenters. The molecule has 134 valence electrons. The van der Waals surface area contributed by atoms with Crippen LogP contribution in [0.3, 0.4) is 0 Å². The largest absolute Gasteiger partial charge is 0.344 e. The van der Waals surface area contributed by atoms with Gasteiger partial charge in [0, 0.05) is 0 Å². The fraction of sp³-hybridized carbons (Fsp3) is 0.455. The Morgan fingerprint density at radius 1 is 1.00 bits per heavy atom. The lowest BCUT2D eigenvalue weighted by molar-refractivity contribution is 0.876. The zero-order valence-electron chi connectivity index (χ0n) is 16.5. The molecule has 0 fully saturated rings. The zero-order valence-corrected chi connectivity index (χ0v) is 16.5. The molecule has 23 heavy (non-hydrogen) atoms. The zero-order chi connectivity index (χ0) is 17.5. The van der Waals surface area contributed by atoms with Crippen LogP contribution in [0.25, 0.3) is 0 Å². The van der Waals surface area contributed by atoms with Crippen LogP contribution in [0, 0.1) is 0 Å². The molecule has 0 atom stereocenters. The molecule has 3 N–H and O–H groups in total. The van der Waals surface area contributed by atoms with E-state index in [1.807, 2.05) is 65.0 Å². The van der Waals surface area contributed by atoms with E-state index in [2.05, 4.69) is 43.9 Å². The Morgan fingerprint density at radius 2 is 1.52 bits per heavy atom. The van der Waals surface area contributed by atoms with E-state index in [1.165, 1.54) is 24.8 Å². The van der Waals surface area contributed by atoms with Gasteiger partial charge in [-0.15, -0.1) is 0 Å². The number of rotatable bonds is 4. The fourth-order valence-electron chi connectivity index (χ4n) is 1.44.